The van der Waals surface area contributed by atoms with Crippen LogP contribution in [0.15, 0.2) is 36.8 Å². The summed E-state index contributed by atoms with van der Waals surface area (Å²) in [5.74, 6) is 2.13. The van der Waals surface area contributed by atoms with Gasteiger partial charge in [0.1, 0.15) is 12.3 Å². The average Bonchev–Trinajstić information content (AvgIpc) is 3.57. The lowest BCUT2D eigenvalue weighted by Crippen LogP contribution is -2.48. The van der Waals surface area contributed by atoms with E-state index in [4.69, 9.17) is 4.74 Å². The summed E-state index contributed by atoms with van der Waals surface area (Å²) >= 11 is 0. The van der Waals surface area contributed by atoms with Gasteiger partial charge >= 0.3 is 0 Å². The predicted molar refractivity (Wildman–Crippen MR) is 118 cm³/mol. The summed E-state index contributed by atoms with van der Waals surface area (Å²) in [4.78, 5) is 37.8. The van der Waals surface area contributed by atoms with Gasteiger partial charge in [-0.1, -0.05) is 0 Å². The van der Waals surface area contributed by atoms with Crippen LogP contribution in [0.5, 0.6) is 5.88 Å². The molecule has 8 heteroatoms. The van der Waals surface area contributed by atoms with Crippen molar-refractivity contribution < 1.29 is 9.53 Å². The van der Waals surface area contributed by atoms with E-state index in [9.17, 15) is 4.79 Å². The number of carbonyl (C=O) groups is 1. The Hall–Kier alpha value is -3.42. The molecular weight excluding hydrogens is 404 g/mol. The van der Waals surface area contributed by atoms with Gasteiger partial charge in [-0.15, -0.1) is 0 Å². The van der Waals surface area contributed by atoms with Crippen molar-refractivity contribution in [3.05, 3.63) is 59.6 Å². The Morgan fingerprint density at radius 3 is 2.62 bits per heavy atom. The standard InChI is InChI=1S/C24H26N6O2/c1-14-5-6-20(23-25-7-4-8-26-23)22(28-14)24(31)30-12-18-9-17(18)10-19(30)13-32-21-11-27-15(2)16(3)29-21/h4-8,11,17-19H,9-10,12-13H2,1-3H3. The molecule has 1 aliphatic heterocycles. The molecule has 32 heavy (non-hydrogen) atoms. The lowest BCUT2D eigenvalue weighted by molar-refractivity contribution is 0.0502. The fourth-order valence-electron chi connectivity index (χ4n) is 4.35. The molecule has 4 heterocycles. The van der Waals surface area contributed by atoms with Gasteiger partial charge in [0, 0.05) is 24.6 Å². The van der Waals surface area contributed by atoms with Crippen molar-refractivity contribution in [2.24, 2.45) is 11.8 Å². The molecule has 1 aliphatic carbocycles. The smallest absolute Gasteiger partial charge is 0.273 e. The fourth-order valence-corrected chi connectivity index (χ4v) is 4.35. The Labute approximate surface area is 187 Å². The maximum atomic E-state index is 13.8. The lowest BCUT2D eigenvalue weighted by Gasteiger charge is -2.35. The zero-order valence-electron chi connectivity index (χ0n) is 18.5. The largest absolute Gasteiger partial charge is 0.474 e. The molecule has 2 aliphatic rings. The van der Waals surface area contributed by atoms with Gasteiger partial charge in [-0.3, -0.25) is 9.78 Å². The van der Waals surface area contributed by atoms with Gasteiger partial charge in [-0.25, -0.2) is 19.9 Å². The van der Waals surface area contributed by atoms with E-state index in [0.717, 1.165) is 30.0 Å². The molecule has 0 aromatic carbocycles. The topological polar surface area (TPSA) is 94.0 Å². The summed E-state index contributed by atoms with van der Waals surface area (Å²) in [6.45, 7) is 6.83. The second kappa shape index (κ2) is 8.26. The van der Waals surface area contributed by atoms with Crippen molar-refractivity contribution in [3.8, 4) is 17.3 Å². The Kier molecular flexibility index (Phi) is 5.28. The highest BCUT2D eigenvalue weighted by atomic mass is 16.5. The number of likely N-dealkylation sites (tertiary alicyclic amines) is 1. The number of ether oxygens (including phenoxy) is 1. The minimum atomic E-state index is -0.0960. The third-order valence-corrected chi connectivity index (χ3v) is 6.41. The molecule has 3 aromatic rings. The SMILES string of the molecule is Cc1ccc(-c2ncccn2)c(C(=O)N2CC3CC3CC2COc2cnc(C)c(C)n2)n1. The first kappa shape index (κ1) is 20.5. The average molecular weight is 431 g/mol. The summed E-state index contributed by atoms with van der Waals surface area (Å²) in [5.41, 5.74) is 3.56. The maximum absolute atomic E-state index is 13.8. The van der Waals surface area contributed by atoms with Gasteiger partial charge in [0.15, 0.2) is 5.82 Å². The van der Waals surface area contributed by atoms with Crippen LogP contribution >= 0.6 is 0 Å². The van der Waals surface area contributed by atoms with E-state index in [1.54, 1.807) is 24.7 Å². The van der Waals surface area contributed by atoms with E-state index in [2.05, 4.69) is 24.9 Å². The molecule has 2 fully saturated rings. The zero-order valence-corrected chi connectivity index (χ0v) is 18.5. The van der Waals surface area contributed by atoms with E-state index in [-0.39, 0.29) is 11.9 Å². The van der Waals surface area contributed by atoms with Gasteiger partial charge in [0.05, 0.1) is 29.2 Å². The summed E-state index contributed by atoms with van der Waals surface area (Å²) in [7, 11) is 0. The number of aromatic nitrogens is 5. The minimum absolute atomic E-state index is 0.0403. The number of carbonyl (C=O) groups excluding carboxylic acids is 1. The number of amides is 1. The van der Waals surface area contributed by atoms with Crippen LogP contribution in [0.4, 0.5) is 0 Å². The van der Waals surface area contributed by atoms with Gasteiger partial charge in [0.25, 0.3) is 5.91 Å². The highest BCUT2D eigenvalue weighted by molar-refractivity contribution is 5.98. The molecule has 1 saturated heterocycles. The number of fused-ring (bicyclic) bond motifs is 1. The quantitative estimate of drug-likeness (QED) is 0.614. The van der Waals surface area contributed by atoms with Gasteiger partial charge in [-0.2, -0.15) is 0 Å². The highest BCUT2D eigenvalue weighted by Gasteiger charge is 2.47. The first-order valence-electron chi connectivity index (χ1n) is 11.0. The number of piperidine rings is 1. The summed E-state index contributed by atoms with van der Waals surface area (Å²) in [6.07, 6.45) is 7.09. The van der Waals surface area contributed by atoms with E-state index in [1.165, 1.54) is 6.42 Å². The van der Waals surface area contributed by atoms with Crippen molar-refractivity contribution in [1.82, 2.24) is 29.8 Å². The number of aryl methyl sites for hydroxylation is 3. The predicted octanol–water partition coefficient (Wildman–Crippen LogP) is 3.18. The first-order chi connectivity index (χ1) is 15.5. The van der Waals surface area contributed by atoms with Crippen LogP contribution in [0, 0.1) is 32.6 Å². The maximum Gasteiger partial charge on any atom is 0.273 e. The van der Waals surface area contributed by atoms with E-state index in [1.807, 2.05) is 37.8 Å². The molecule has 8 nitrogen and oxygen atoms in total. The van der Waals surface area contributed by atoms with Crippen LogP contribution in [-0.2, 0) is 0 Å². The summed E-state index contributed by atoms with van der Waals surface area (Å²) < 4.78 is 5.99. The zero-order chi connectivity index (χ0) is 22.2. The fraction of sp³-hybridized carbons (Fsp3) is 0.417. The second-order valence-electron chi connectivity index (χ2n) is 8.71. The lowest BCUT2D eigenvalue weighted by atomic mass is 10.0. The van der Waals surface area contributed by atoms with E-state index < -0.39 is 0 Å². The third-order valence-electron chi connectivity index (χ3n) is 6.41. The number of nitrogens with zero attached hydrogens (tertiary/aromatic N) is 6. The molecule has 1 amide bonds. The monoisotopic (exact) mass is 430 g/mol. The Bertz CT molecular complexity index is 1150. The van der Waals surface area contributed by atoms with Crippen molar-refractivity contribution in [3.63, 3.8) is 0 Å². The normalized spacial score (nSPS) is 21.7. The summed E-state index contributed by atoms with van der Waals surface area (Å²) in [6, 6.07) is 5.48. The Morgan fingerprint density at radius 2 is 1.84 bits per heavy atom. The van der Waals surface area contributed by atoms with Crippen molar-refractivity contribution in [1.29, 1.82) is 0 Å². The molecule has 0 spiro atoms. The first-order valence-corrected chi connectivity index (χ1v) is 11.0. The van der Waals surface area contributed by atoms with Crippen molar-refractivity contribution in [2.45, 2.75) is 39.7 Å². The van der Waals surface area contributed by atoms with Crippen LogP contribution in [0.1, 0.15) is 40.4 Å². The number of pyridine rings is 1. The van der Waals surface area contributed by atoms with Gasteiger partial charge in [-0.05, 0) is 63.6 Å². The molecule has 3 aromatic heterocycles. The number of hydrogen-bond acceptors (Lipinski definition) is 7. The molecule has 0 bridgehead atoms. The molecule has 1 saturated carbocycles. The molecule has 164 valence electrons. The third kappa shape index (κ3) is 4.04. The molecule has 0 radical (unpaired) electrons. The second-order valence-corrected chi connectivity index (χ2v) is 8.71. The van der Waals surface area contributed by atoms with E-state index >= 15 is 0 Å². The molecule has 0 N–H and O–H groups in total. The van der Waals surface area contributed by atoms with Crippen molar-refractivity contribution in [2.75, 3.05) is 13.2 Å². The van der Waals surface area contributed by atoms with Crippen molar-refractivity contribution >= 4 is 5.91 Å². The van der Waals surface area contributed by atoms with Crippen LogP contribution < -0.4 is 4.74 Å². The summed E-state index contributed by atoms with van der Waals surface area (Å²) in [5, 5.41) is 0. The Morgan fingerprint density at radius 1 is 1.03 bits per heavy atom. The number of rotatable bonds is 5. The van der Waals surface area contributed by atoms with E-state index in [0.29, 0.717) is 41.4 Å². The number of hydrogen-bond donors (Lipinski definition) is 0. The minimum Gasteiger partial charge on any atom is -0.474 e. The molecular formula is C24H26N6O2. The molecule has 5 rings (SSSR count). The van der Waals surface area contributed by atoms with Crippen LogP contribution in [-0.4, -0.2) is 54.9 Å². The van der Waals surface area contributed by atoms with Crippen LogP contribution in [0.3, 0.4) is 0 Å². The highest BCUT2D eigenvalue weighted by Crippen LogP contribution is 2.47. The van der Waals surface area contributed by atoms with Gasteiger partial charge in [0.2, 0.25) is 5.88 Å². The van der Waals surface area contributed by atoms with Crippen LogP contribution in [0.2, 0.25) is 0 Å². The Balaban J connectivity index is 1.41. The molecule has 3 atom stereocenters. The molecule has 3 unspecified atom stereocenters. The van der Waals surface area contributed by atoms with Gasteiger partial charge < -0.3 is 9.64 Å². The van der Waals surface area contributed by atoms with Crippen LogP contribution in [0.25, 0.3) is 11.4 Å².